The molecule has 11 heteroatoms. The van der Waals surface area contributed by atoms with Crippen molar-refractivity contribution in [3.63, 3.8) is 0 Å². The molecule has 0 spiro atoms. The topological polar surface area (TPSA) is 131 Å². The molecule has 4 N–H and O–H groups in total. The highest BCUT2D eigenvalue weighted by atomic mass is 16.2. The van der Waals surface area contributed by atoms with Crippen molar-refractivity contribution in [2.24, 2.45) is 0 Å². The first-order valence-electron chi connectivity index (χ1n) is 13.4. The maximum Gasteiger partial charge on any atom is 0.246 e. The number of carbonyl (C=O) groups is 2. The molecule has 0 bridgehead atoms. The Hall–Kier alpha value is -4.43. The summed E-state index contributed by atoms with van der Waals surface area (Å²) in [6.07, 6.45) is 8.96. The number of nitrogens with one attached hydrogen (secondary N) is 4. The summed E-state index contributed by atoms with van der Waals surface area (Å²) in [6, 6.07) is 5.30. The Morgan fingerprint density at radius 1 is 1.18 bits per heavy atom. The number of hydrogen-bond donors (Lipinski definition) is 4. The molecular weight excluding hydrogens is 506 g/mol. The van der Waals surface area contributed by atoms with Gasteiger partial charge in [0.1, 0.15) is 11.9 Å². The van der Waals surface area contributed by atoms with Crippen LogP contribution in [0.1, 0.15) is 38.7 Å². The minimum absolute atomic E-state index is 0.196. The normalized spacial score (nSPS) is 11.8. The Balaban J connectivity index is 1.52. The summed E-state index contributed by atoms with van der Waals surface area (Å²) >= 11 is 0. The van der Waals surface area contributed by atoms with Gasteiger partial charge in [-0.15, -0.1) is 0 Å². The summed E-state index contributed by atoms with van der Waals surface area (Å²) in [7, 11) is 5.48. The zero-order valence-electron chi connectivity index (χ0n) is 23.9. The van der Waals surface area contributed by atoms with Gasteiger partial charge in [-0.2, -0.15) is 10.1 Å². The Kier molecular flexibility index (Phi) is 11.5. The molecule has 40 heavy (non-hydrogen) atoms. The number of likely N-dealkylation sites (N-methyl/N-ethyl adjacent to an activating group) is 2. The van der Waals surface area contributed by atoms with Gasteiger partial charge in [-0.05, 0) is 39.9 Å². The first-order chi connectivity index (χ1) is 19.3. The van der Waals surface area contributed by atoms with Crippen molar-refractivity contribution in [1.29, 1.82) is 0 Å². The lowest BCUT2D eigenvalue weighted by molar-refractivity contribution is -0.135. The van der Waals surface area contributed by atoms with Crippen molar-refractivity contribution in [2.45, 2.75) is 39.2 Å². The van der Waals surface area contributed by atoms with E-state index in [1.165, 1.54) is 11.0 Å². The van der Waals surface area contributed by atoms with Crippen LogP contribution in [0.25, 0.3) is 10.9 Å². The van der Waals surface area contributed by atoms with Crippen molar-refractivity contribution < 1.29 is 9.59 Å². The number of anilines is 3. The van der Waals surface area contributed by atoms with Crippen LogP contribution < -0.4 is 16.0 Å². The molecule has 2 heterocycles. The Bertz CT molecular complexity index is 1370. The Labute approximate surface area is 235 Å². The number of H-pyrrole nitrogens is 1. The highest BCUT2D eigenvalue weighted by Gasteiger charge is 2.20. The molecular formula is C29H39N9O2. The van der Waals surface area contributed by atoms with Crippen LogP contribution in [-0.2, 0) is 9.59 Å². The van der Waals surface area contributed by atoms with E-state index in [-0.39, 0.29) is 11.8 Å². The van der Waals surface area contributed by atoms with Gasteiger partial charge in [-0.3, -0.25) is 14.7 Å². The molecule has 3 aromatic rings. The molecule has 212 valence electrons. The molecule has 0 saturated heterocycles. The van der Waals surface area contributed by atoms with Crippen LogP contribution in [0, 0.1) is 11.8 Å². The van der Waals surface area contributed by atoms with Gasteiger partial charge in [0.2, 0.25) is 17.8 Å². The lowest BCUT2D eigenvalue weighted by Gasteiger charge is -2.23. The maximum absolute atomic E-state index is 12.5. The van der Waals surface area contributed by atoms with Crippen LogP contribution in [0.15, 0.2) is 42.7 Å². The van der Waals surface area contributed by atoms with E-state index in [9.17, 15) is 9.59 Å². The van der Waals surface area contributed by atoms with E-state index >= 15 is 0 Å². The summed E-state index contributed by atoms with van der Waals surface area (Å²) in [6.45, 7) is 5.69. The van der Waals surface area contributed by atoms with Gasteiger partial charge in [0, 0.05) is 44.6 Å². The van der Waals surface area contributed by atoms with Gasteiger partial charge in [0.15, 0.2) is 0 Å². The van der Waals surface area contributed by atoms with E-state index in [2.05, 4.69) is 54.9 Å². The average molecular weight is 546 g/mol. The average Bonchev–Trinajstić information content (AvgIpc) is 3.43. The number of fused-ring (bicyclic) bond motifs is 1. The lowest BCUT2D eigenvalue weighted by Crippen LogP contribution is -2.45. The van der Waals surface area contributed by atoms with Crippen molar-refractivity contribution in [3.8, 4) is 11.8 Å². The van der Waals surface area contributed by atoms with Crippen molar-refractivity contribution in [1.82, 2.24) is 35.3 Å². The number of benzene rings is 1. The predicted octanol–water partition coefficient (Wildman–Crippen LogP) is 3.13. The Morgan fingerprint density at radius 2 is 2.00 bits per heavy atom. The lowest BCUT2D eigenvalue weighted by atomic mass is 10.2. The number of hydrogen-bond acceptors (Lipinski definition) is 8. The quantitative estimate of drug-likeness (QED) is 0.146. The first kappa shape index (κ1) is 30.1. The molecule has 0 aliphatic heterocycles. The number of nitrogens with zero attached hydrogens (tertiary/aromatic N) is 5. The molecule has 0 radical (unpaired) electrons. The largest absolute Gasteiger partial charge is 0.369 e. The summed E-state index contributed by atoms with van der Waals surface area (Å²) in [5.74, 6) is 7.03. The summed E-state index contributed by atoms with van der Waals surface area (Å²) in [4.78, 5) is 37.2. The fraction of sp³-hybridized carbons (Fsp3) is 0.414. The summed E-state index contributed by atoms with van der Waals surface area (Å²) in [5, 5.41) is 17.6. The van der Waals surface area contributed by atoms with Crippen molar-refractivity contribution in [2.75, 3.05) is 51.4 Å². The van der Waals surface area contributed by atoms with Gasteiger partial charge in [-0.25, -0.2) is 4.98 Å². The second kappa shape index (κ2) is 15.2. The number of amides is 2. The van der Waals surface area contributed by atoms with Gasteiger partial charge < -0.3 is 25.8 Å². The number of carbonyl (C=O) groups excluding carboxylic acids is 2. The van der Waals surface area contributed by atoms with Crippen LogP contribution in [0.4, 0.5) is 17.5 Å². The van der Waals surface area contributed by atoms with E-state index in [1.54, 1.807) is 32.4 Å². The minimum Gasteiger partial charge on any atom is -0.369 e. The molecule has 0 aliphatic rings. The molecule has 0 aliphatic carbocycles. The first-order valence-corrected chi connectivity index (χ1v) is 13.4. The predicted molar refractivity (Wildman–Crippen MR) is 159 cm³/mol. The molecule has 2 aromatic heterocycles. The standard InChI is InChI=1S/C29H39N9O2/c1-6-16-30-27-23(19-32-29(35-27)34-24-14-10-13-22-20-33-36-26(22)24)12-8-7-9-17-31-28(40)21(2)38(5)25(39)15-11-18-37(3)4/h10-11,13-15,19-21H,6-7,9,16-18H2,1-5H3,(H,31,40)(H,33,36)(H2,30,32,34,35)/t21-/m0/s1. The van der Waals surface area contributed by atoms with E-state index < -0.39 is 6.04 Å². The number of rotatable bonds is 13. The SMILES string of the molecule is CCCNc1nc(Nc2cccc3cn[nH]c23)ncc1C#CCCCNC(=O)[C@H](C)N(C)C(=O)C=CCN(C)C. The third kappa shape index (κ3) is 8.81. The molecule has 11 nitrogen and oxygen atoms in total. The second-order valence-electron chi connectivity index (χ2n) is 9.63. The smallest absolute Gasteiger partial charge is 0.246 e. The maximum atomic E-state index is 12.5. The summed E-state index contributed by atoms with van der Waals surface area (Å²) in [5.41, 5.74) is 2.43. The third-order valence-corrected chi connectivity index (χ3v) is 6.09. The van der Waals surface area contributed by atoms with Gasteiger partial charge in [-0.1, -0.05) is 37.0 Å². The molecule has 3 rings (SSSR count). The zero-order valence-corrected chi connectivity index (χ0v) is 23.9. The number of para-hydroxylation sites is 1. The molecule has 1 aromatic carbocycles. The van der Waals surface area contributed by atoms with Gasteiger partial charge in [0.25, 0.3) is 0 Å². The number of aromatic nitrogens is 4. The second-order valence-corrected chi connectivity index (χ2v) is 9.63. The minimum atomic E-state index is -0.570. The van der Waals surface area contributed by atoms with E-state index in [4.69, 9.17) is 0 Å². The van der Waals surface area contributed by atoms with Crippen LogP contribution in [0.5, 0.6) is 0 Å². The van der Waals surface area contributed by atoms with E-state index in [0.29, 0.717) is 43.3 Å². The molecule has 2 amide bonds. The van der Waals surface area contributed by atoms with Crippen LogP contribution in [-0.4, -0.2) is 88.6 Å². The van der Waals surface area contributed by atoms with Crippen molar-refractivity contribution in [3.05, 3.63) is 48.3 Å². The van der Waals surface area contributed by atoms with Crippen LogP contribution in [0.3, 0.4) is 0 Å². The zero-order chi connectivity index (χ0) is 28.9. The Morgan fingerprint density at radius 3 is 2.77 bits per heavy atom. The number of aromatic amines is 1. The molecule has 0 unspecified atom stereocenters. The third-order valence-electron chi connectivity index (χ3n) is 6.09. The highest BCUT2D eigenvalue weighted by molar-refractivity contribution is 5.92. The molecule has 0 saturated carbocycles. The molecule has 0 fully saturated rings. The van der Waals surface area contributed by atoms with Crippen LogP contribution >= 0.6 is 0 Å². The van der Waals surface area contributed by atoms with Gasteiger partial charge in [0.05, 0.1) is 29.2 Å². The van der Waals surface area contributed by atoms with E-state index in [1.807, 2.05) is 37.2 Å². The van der Waals surface area contributed by atoms with E-state index in [0.717, 1.165) is 29.6 Å². The van der Waals surface area contributed by atoms with Gasteiger partial charge >= 0.3 is 0 Å². The van der Waals surface area contributed by atoms with Crippen molar-refractivity contribution >= 4 is 40.2 Å². The van der Waals surface area contributed by atoms with Crippen LogP contribution in [0.2, 0.25) is 0 Å². The highest BCUT2D eigenvalue weighted by Crippen LogP contribution is 2.24. The monoisotopic (exact) mass is 545 g/mol. The number of unbranched alkanes of at least 4 members (excludes halogenated alkanes) is 1. The fourth-order valence-corrected chi connectivity index (χ4v) is 3.65. The fourth-order valence-electron chi connectivity index (χ4n) is 3.65. The summed E-state index contributed by atoms with van der Waals surface area (Å²) < 4.78 is 0. The molecule has 1 atom stereocenters.